The Morgan fingerprint density at radius 1 is 1.32 bits per heavy atom. The van der Waals surface area contributed by atoms with Crippen LogP contribution in [0.5, 0.6) is 0 Å². The lowest BCUT2D eigenvalue weighted by molar-refractivity contribution is -0.137. The molecule has 2 aromatic rings. The highest BCUT2D eigenvalue weighted by molar-refractivity contribution is 6.28. The first-order valence-corrected chi connectivity index (χ1v) is 7.23. The van der Waals surface area contributed by atoms with E-state index in [2.05, 4.69) is 15.3 Å². The molecule has 118 valence electrons. The predicted molar refractivity (Wildman–Crippen MR) is 79.2 cm³/mol. The molecule has 1 aromatic heterocycles. The average molecular weight is 331 g/mol. The normalized spacial score (nSPS) is 19.1. The largest absolute Gasteiger partial charge is 0.416 e. The lowest BCUT2D eigenvalue weighted by atomic mass is 10.1. The summed E-state index contributed by atoms with van der Waals surface area (Å²) in [5.74, 6) is 0.585. The van der Waals surface area contributed by atoms with Gasteiger partial charge in [0.05, 0.1) is 11.1 Å². The highest BCUT2D eigenvalue weighted by Gasteiger charge is 2.31. The fourth-order valence-corrected chi connectivity index (χ4v) is 2.86. The van der Waals surface area contributed by atoms with Crippen LogP contribution in [0.4, 0.5) is 19.0 Å². The molecule has 1 fully saturated rings. The SMILES string of the molecule is CNC1CCN(c2nc(Cl)nc3cc(C(F)(F)F)ccc23)C1. The van der Waals surface area contributed by atoms with Crippen LogP contribution >= 0.6 is 11.6 Å². The molecule has 0 saturated carbocycles. The van der Waals surface area contributed by atoms with E-state index < -0.39 is 11.7 Å². The first kappa shape index (κ1) is 15.3. The Kier molecular flexibility index (Phi) is 3.86. The Morgan fingerprint density at radius 2 is 2.09 bits per heavy atom. The number of halogens is 4. The van der Waals surface area contributed by atoms with Gasteiger partial charge >= 0.3 is 6.18 Å². The Bertz CT molecular complexity index is 704. The molecule has 0 amide bonds. The van der Waals surface area contributed by atoms with E-state index in [1.807, 2.05) is 11.9 Å². The quantitative estimate of drug-likeness (QED) is 0.859. The first-order valence-electron chi connectivity index (χ1n) is 6.85. The summed E-state index contributed by atoms with van der Waals surface area (Å²) in [7, 11) is 1.88. The van der Waals surface area contributed by atoms with Gasteiger partial charge in [0.2, 0.25) is 5.28 Å². The van der Waals surface area contributed by atoms with Gasteiger partial charge in [0, 0.05) is 24.5 Å². The summed E-state index contributed by atoms with van der Waals surface area (Å²) >= 11 is 5.89. The van der Waals surface area contributed by atoms with Crippen molar-refractivity contribution in [3.63, 3.8) is 0 Å². The van der Waals surface area contributed by atoms with Crippen LogP contribution in [0.25, 0.3) is 10.9 Å². The summed E-state index contributed by atoms with van der Waals surface area (Å²) in [5.41, 5.74) is -0.534. The zero-order valence-electron chi connectivity index (χ0n) is 11.8. The summed E-state index contributed by atoms with van der Waals surface area (Å²) in [6.07, 6.45) is -3.46. The van der Waals surface area contributed by atoms with Crippen molar-refractivity contribution in [3.05, 3.63) is 29.0 Å². The van der Waals surface area contributed by atoms with Crippen LogP contribution in [0.2, 0.25) is 5.28 Å². The fourth-order valence-electron chi connectivity index (χ4n) is 2.69. The number of benzene rings is 1. The van der Waals surface area contributed by atoms with Gasteiger partial charge in [-0.2, -0.15) is 18.2 Å². The molecule has 1 N–H and O–H groups in total. The van der Waals surface area contributed by atoms with Crippen molar-refractivity contribution < 1.29 is 13.2 Å². The molecule has 0 spiro atoms. The van der Waals surface area contributed by atoms with E-state index in [4.69, 9.17) is 11.6 Å². The lowest BCUT2D eigenvalue weighted by Gasteiger charge is -2.19. The third-order valence-corrected chi connectivity index (χ3v) is 4.04. The van der Waals surface area contributed by atoms with Crippen molar-refractivity contribution in [2.75, 3.05) is 25.0 Å². The van der Waals surface area contributed by atoms with E-state index in [0.29, 0.717) is 17.2 Å². The van der Waals surface area contributed by atoms with E-state index in [1.165, 1.54) is 6.07 Å². The van der Waals surface area contributed by atoms with E-state index in [1.54, 1.807) is 0 Å². The van der Waals surface area contributed by atoms with E-state index in [9.17, 15) is 13.2 Å². The minimum Gasteiger partial charge on any atom is -0.354 e. The summed E-state index contributed by atoms with van der Waals surface area (Å²) < 4.78 is 38.5. The van der Waals surface area contributed by atoms with Crippen LogP contribution in [0.1, 0.15) is 12.0 Å². The van der Waals surface area contributed by atoms with Crippen molar-refractivity contribution in [1.82, 2.24) is 15.3 Å². The number of aromatic nitrogens is 2. The van der Waals surface area contributed by atoms with Gasteiger partial charge in [-0.1, -0.05) is 0 Å². The molecule has 1 saturated heterocycles. The second-order valence-electron chi connectivity index (χ2n) is 5.27. The molecule has 0 bridgehead atoms. The molecule has 2 heterocycles. The molecule has 1 aliphatic heterocycles. The third-order valence-electron chi connectivity index (χ3n) is 3.87. The van der Waals surface area contributed by atoms with E-state index in [-0.39, 0.29) is 10.8 Å². The van der Waals surface area contributed by atoms with Gasteiger partial charge in [-0.15, -0.1) is 0 Å². The Morgan fingerprint density at radius 3 is 2.73 bits per heavy atom. The Hall–Kier alpha value is -1.60. The molecule has 0 aliphatic carbocycles. The van der Waals surface area contributed by atoms with Crippen molar-refractivity contribution in [3.8, 4) is 0 Å². The summed E-state index contributed by atoms with van der Waals surface area (Å²) in [4.78, 5) is 10.2. The number of rotatable bonds is 2. The molecule has 1 atom stereocenters. The highest BCUT2D eigenvalue weighted by atomic mass is 35.5. The maximum atomic E-state index is 12.8. The lowest BCUT2D eigenvalue weighted by Crippen LogP contribution is -2.30. The number of alkyl halides is 3. The van der Waals surface area contributed by atoms with Crippen LogP contribution in [0.15, 0.2) is 18.2 Å². The van der Waals surface area contributed by atoms with Gasteiger partial charge in [0.1, 0.15) is 5.82 Å². The van der Waals surface area contributed by atoms with Crippen LogP contribution in [-0.2, 0) is 6.18 Å². The molecule has 3 rings (SSSR count). The zero-order valence-corrected chi connectivity index (χ0v) is 12.5. The second-order valence-corrected chi connectivity index (χ2v) is 5.60. The number of nitrogens with zero attached hydrogens (tertiary/aromatic N) is 3. The van der Waals surface area contributed by atoms with E-state index >= 15 is 0 Å². The van der Waals surface area contributed by atoms with Crippen LogP contribution in [0, 0.1) is 0 Å². The average Bonchev–Trinajstić information content (AvgIpc) is 2.93. The molecular weight excluding hydrogens is 317 g/mol. The topological polar surface area (TPSA) is 41.0 Å². The molecular formula is C14H14ClF3N4. The molecule has 22 heavy (non-hydrogen) atoms. The minimum absolute atomic E-state index is 0.0465. The van der Waals surface area contributed by atoms with Crippen molar-refractivity contribution in [2.45, 2.75) is 18.6 Å². The molecule has 1 unspecified atom stereocenters. The maximum absolute atomic E-state index is 12.8. The highest BCUT2D eigenvalue weighted by Crippen LogP contribution is 2.34. The molecule has 0 radical (unpaired) electrons. The monoisotopic (exact) mass is 330 g/mol. The number of likely N-dealkylation sites (N-methyl/N-ethyl adjacent to an activating group) is 1. The van der Waals surface area contributed by atoms with Crippen molar-refractivity contribution >= 4 is 28.3 Å². The van der Waals surface area contributed by atoms with Crippen molar-refractivity contribution in [2.24, 2.45) is 0 Å². The number of hydrogen-bond donors (Lipinski definition) is 1. The molecule has 8 heteroatoms. The summed E-state index contributed by atoms with van der Waals surface area (Å²) in [6.45, 7) is 1.51. The van der Waals surface area contributed by atoms with Crippen molar-refractivity contribution in [1.29, 1.82) is 0 Å². The van der Waals surface area contributed by atoms with Crippen LogP contribution in [0.3, 0.4) is 0 Å². The van der Waals surface area contributed by atoms with Crippen LogP contribution in [-0.4, -0.2) is 36.1 Å². The predicted octanol–water partition coefficient (Wildman–Crippen LogP) is 3.10. The maximum Gasteiger partial charge on any atom is 0.416 e. The molecule has 1 aromatic carbocycles. The van der Waals surface area contributed by atoms with Gasteiger partial charge in [0.25, 0.3) is 0 Å². The zero-order chi connectivity index (χ0) is 15.9. The van der Waals surface area contributed by atoms with Gasteiger partial charge in [-0.25, -0.2) is 4.98 Å². The van der Waals surface area contributed by atoms with E-state index in [0.717, 1.165) is 31.6 Å². The second kappa shape index (κ2) is 5.55. The fraction of sp³-hybridized carbons (Fsp3) is 0.429. The standard InChI is InChI=1S/C14H14ClF3N4/c1-19-9-4-5-22(7-9)12-10-3-2-8(14(16,17)18)6-11(10)20-13(15)21-12/h2-3,6,9,19H,4-5,7H2,1H3. The van der Waals surface area contributed by atoms with Gasteiger partial charge < -0.3 is 10.2 Å². The number of anilines is 1. The van der Waals surface area contributed by atoms with Gasteiger partial charge in [0.15, 0.2) is 0 Å². The van der Waals surface area contributed by atoms with Crippen LogP contribution < -0.4 is 10.2 Å². The number of hydrogen-bond acceptors (Lipinski definition) is 4. The molecule has 4 nitrogen and oxygen atoms in total. The molecule has 1 aliphatic rings. The first-order chi connectivity index (χ1) is 10.4. The van der Waals surface area contributed by atoms with Gasteiger partial charge in [-0.3, -0.25) is 0 Å². The summed E-state index contributed by atoms with van der Waals surface area (Å²) in [6, 6.07) is 3.81. The summed E-state index contributed by atoms with van der Waals surface area (Å²) in [5, 5.41) is 3.72. The minimum atomic E-state index is -4.41. The Balaban J connectivity index is 2.07. The smallest absolute Gasteiger partial charge is 0.354 e. The third kappa shape index (κ3) is 2.83. The number of nitrogens with one attached hydrogen (secondary N) is 1. The Labute approximate surface area is 130 Å². The van der Waals surface area contributed by atoms with Gasteiger partial charge in [-0.05, 0) is 43.3 Å². The number of fused-ring (bicyclic) bond motifs is 1.